The molecule has 0 aliphatic carbocycles. The predicted octanol–water partition coefficient (Wildman–Crippen LogP) is 4.00. The van der Waals surface area contributed by atoms with Gasteiger partial charge < -0.3 is 9.84 Å². The highest BCUT2D eigenvalue weighted by Crippen LogP contribution is 2.26. The Hall–Kier alpha value is -3.01. The molecule has 0 bridgehead atoms. The van der Waals surface area contributed by atoms with Gasteiger partial charge in [-0.25, -0.2) is 0 Å². The first-order chi connectivity index (χ1) is 10.8. The monoisotopic (exact) mass is 292 g/mol. The van der Waals surface area contributed by atoms with E-state index in [4.69, 9.17) is 4.74 Å². The lowest BCUT2D eigenvalue weighted by Crippen LogP contribution is -1.92. The Morgan fingerprint density at radius 3 is 2.73 bits per heavy atom. The first kappa shape index (κ1) is 13.9. The molecule has 3 aromatic rings. The minimum atomic E-state index is 0.113. The molecule has 0 atom stereocenters. The van der Waals surface area contributed by atoms with E-state index in [1.165, 1.54) is 7.11 Å². The number of fused-ring (bicyclic) bond motifs is 1. The molecule has 0 amide bonds. The van der Waals surface area contributed by atoms with Gasteiger partial charge in [0, 0.05) is 5.39 Å². The number of ether oxygens (including phenoxy) is 1. The lowest BCUT2D eigenvalue weighted by Gasteiger charge is -2.06. The van der Waals surface area contributed by atoms with Crippen molar-refractivity contribution in [3.63, 3.8) is 0 Å². The number of methoxy groups -OCH3 is 1. The highest BCUT2D eigenvalue weighted by Gasteiger charge is 2.01. The molecule has 0 unspecified atom stereocenters. The zero-order valence-corrected chi connectivity index (χ0v) is 12.2. The van der Waals surface area contributed by atoms with Gasteiger partial charge in [-0.3, -0.25) is 5.43 Å². The summed E-state index contributed by atoms with van der Waals surface area (Å²) in [4.78, 5) is 0. The molecule has 4 nitrogen and oxygen atoms in total. The van der Waals surface area contributed by atoms with Gasteiger partial charge in [-0.1, -0.05) is 36.4 Å². The molecule has 0 aliphatic heterocycles. The molecule has 0 fully saturated rings. The normalized spacial score (nSPS) is 11.0. The van der Waals surface area contributed by atoms with Crippen molar-refractivity contribution in [3.05, 3.63) is 66.2 Å². The fourth-order valence-corrected chi connectivity index (χ4v) is 2.27. The highest BCUT2D eigenvalue weighted by molar-refractivity contribution is 5.94. The van der Waals surface area contributed by atoms with Crippen LogP contribution in [0, 0.1) is 0 Å². The minimum Gasteiger partial charge on any atom is -0.504 e. The summed E-state index contributed by atoms with van der Waals surface area (Å²) in [6.07, 6.45) is 1.68. The van der Waals surface area contributed by atoms with E-state index in [0.717, 1.165) is 22.0 Å². The van der Waals surface area contributed by atoms with Crippen LogP contribution in [0.5, 0.6) is 11.5 Å². The second-order valence-electron chi connectivity index (χ2n) is 4.83. The molecule has 3 aromatic carbocycles. The number of hydrazone groups is 1. The van der Waals surface area contributed by atoms with E-state index in [0.29, 0.717) is 5.75 Å². The van der Waals surface area contributed by atoms with Crippen molar-refractivity contribution in [3.8, 4) is 11.5 Å². The lowest BCUT2D eigenvalue weighted by atomic mass is 10.1. The van der Waals surface area contributed by atoms with Gasteiger partial charge in [0.1, 0.15) is 0 Å². The molecule has 4 heteroatoms. The Bertz CT molecular complexity index is 823. The minimum absolute atomic E-state index is 0.113. The summed E-state index contributed by atoms with van der Waals surface area (Å²) in [6, 6.07) is 19.2. The van der Waals surface area contributed by atoms with Gasteiger partial charge in [-0.05, 0) is 35.2 Å². The highest BCUT2D eigenvalue weighted by atomic mass is 16.5. The van der Waals surface area contributed by atoms with Gasteiger partial charge in [0.05, 0.1) is 19.0 Å². The van der Waals surface area contributed by atoms with Gasteiger partial charge in [0.2, 0.25) is 0 Å². The van der Waals surface area contributed by atoms with Crippen LogP contribution in [0.3, 0.4) is 0 Å². The van der Waals surface area contributed by atoms with Crippen LogP contribution >= 0.6 is 0 Å². The molecule has 0 aliphatic rings. The third-order valence-corrected chi connectivity index (χ3v) is 3.39. The van der Waals surface area contributed by atoms with Crippen LogP contribution in [0.15, 0.2) is 65.8 Å². The molecular formula is C18H16N2O2. The van der Waals surface area contributed by atoms with Crippen molar-refractivity contribution >= 4 is 22.7 Å². The summed E-state index contributed by atoms with van der Waals surface area (Å²) in [5, 5.41) is 16.1. The van der Waals surface area contributed by atoms with E-state index >= 15 is 0 Å². The number of rotatable bonds is 4. The second-order valence-corrected chi connectivity index (χ2v) is 4.83. The molecule has 0 heterocycles. The lowest BCUT2D eigenvalue weighted by molar-refractivity contribution is 0.373. The average Bonchev–Trinajstić information content (AvgIpc) is 2.56. The van der Waals surface area contributed by atoms with Crippen molar-refractivity contribution in [2.45, 2.75) is 0 Å². The van der Waals surface area contributed by atoms with Crippen molar-refractivity contribution in [2.24, 2.45) is 5.10 Å². The van der Waals surface area contributed by atoms with Crippen LogP contribution in [0.4, 0.5) is 5.69 Å². The quantitative estimate of drug-likeness (QED) is 0.564. The van der Waals surface area contributed by atoms with Gasteiger partial charge in [-0.15, -0.1) is 0 Å². The Balaban J connectivity index is 1.82. The maximum atomic E-state index is 9.57. The van der Waals surface area contributed by atoms with Crippen LogP contribution in [-0.2, 0) is 0 Å². The zero-order chi connectivity index (χ0) is 15.4. The fraction of sp³-hybridized carbons (Fsp3) is 0.0556. The van der Waals surface area contributed by atoms with Crippen molar-refractivity contribution < 1.29 is 9.84 Å². The summed E-state index contributed by atoms with van der Waals surface area (Å²) in [6.45, 7) is 0. The molecule has 0 spiro atoms. The fourth-order valence-electron chi connectivity index (χ4n) is 2.27. The van der Waals surface area contributed by atoms with E-state index in [9.17, 15) is 5.11 Å². The zero-order valence-electron chi connectivity index (χ0n) is 12.2. The third-order valence-electron chi connectivity index (χ3n) is 3.39. The van der Waals surface area contributed by atoms with Crippen LogP contribution in [0.25, 0.3) is 10.8 Å². The van der Waals surface area contributed by atoms with Crippen LogP contribution in [0.2, 0.25) is 0 Å². The third kappa shape index (κ3) is 2.86. The molecule has 0 radical (unpaired) electrons. The number of phenols is 1. The average molecular weight is 292 g/mol. The van der Waals surface area contributed by atoms with Crippen molar-refractivity contribution in [1.29, 1.82) is 0 Å². The predicted molar refractivity (Wildman–Crippen MR) is 89.8 cm³/mol. The van der Waals surface area contributed by atoms with Crippen LogP contribution in [0.1, 0.15) is 5.56 Å². The SMILES string of the molecule is COc1cc(C=NNc2cccc3ccccc23)ccc1O. The van der Waals surface area contributed by atoms with Gasteiger partial charge in [-0.2, -0.15) is 5.10 Å². The van der Waals surface area contributed by atoms with E-state index < -0.39 is 0 Å². The van der Waals surface area contributed by atoms with Crippen molar-refractivity contribution in [1.82, 2.24) is 0 Å². The Labute approximate surface area is 128 Å². The first-order valence-electron chi connectivity index (χ1n) is 6.92. The largest absolute Gasteiger partial charge is 0.504 e. The Morgan fingerprint density at radius 2 is 1.86 bits per heavy atom. The maximum absolute atomic E-state index is 9.57. The first-order valence-corrected chi connectivity index (χ1v) is 6.92. The molecule has 0 aromatic heterocycles. The second kappa shape index (κ2) is 6.18. The summed E-state index contributed by atoms with van der Waals surface area (Å²) in [5.41, 5.74) is 4.83. The standard InChI is InChI=1S/C18H16N2O2/c1-22-18-11-13(9-10-17(18)21)12-19-20-16-8-4-6-14-5-2-3-7-15(14)16/h2-12,20-21H,1H3. The molecule has 3 rings (SSSR count). The van der Waals surface area contributed by atoms with Gasteiger partial charge in [0.15, 0.2) is 11.5 Å². The molecule has 0 saturated carbocycles. The number of nitrogens with zero attached hydrogens (tertiary/aromatic N) is 1. The van der Waals surface area contributed by atoms with E-state index in [-0.39, 0.29) is 5.75 Å². The molecule has 2 N–H and O–H groups in total. The maximum Gasteiger partial charge on any atom is 0.161 e. The number of hydrogen-bond donors (Lipinski definition) is 2. The summed E-state index contributed by atoms with van der Waals surface area (Å²) in [5.74, 6) is 0.538. The Kier molecular flexibility index (Phi) is 3.92. The number of hydrogen-bond acceptors (Lipinski definition) is 4. The number of anilines is 1. The van der Waals surface area contributed by atoms with E-state index in [2.05, 4.69) is 28.7 Å². The summed E-state index contributed by atoms with van der Waals surface area (Å²) in [7, 11) is 1.52. The molecule has 110 valence electrons. The van der Waals surface area contributed by atoms with Gasteiger partial charge >= 0.3 is 0 Å². The summed E-state index contributed by atoms with van der Waals surface area (Å²) < 4.78 is 5.08. The number of aromatic hydroxyl groups is 1. The van der Waals surface area contributed by atoms with E-state index in [1.54, 1.807) is 24.4 Å². The molecule has 22 heavy (non-hydrogen) atoms. The van der Waals surface area contributed by atoms with E-state index in [1.807, 2.05) is 24.3 Å². The number of nitrogens with one attached hydrogen (secondary N) is 1. The van der Waals surface area contributed by atoms with Crippen LogP contribution < -0.4 is 10.2 Å². The molecular weight excluding hydrogens is 276 g/mol. The molecule has 0 saturated heterocycles. The number of phenolic OH excluding ortho intramolecular Hbond substituents is 1. The van der Waals surface area contributed by atoms with Crippen molar-refractivity contribution in [2.75, 3.05) is 12.5 Å². The smallest absolute Gasteiger partial charge is 0.161 e. The Morgan fingerprint density at radius 1 is 1.05 bits per heavy atom. The van der Waals surface area contributed by atoms with Crippen LogP contribution in [-0.4, -0.2) is 18.4 Å². The summed E-state index contributed by atoms with van der Waals surface area (Å²) >= 11 is 0. The topological polar surface area (TPSA) is 53.8 Å². The number of benzene rings is 3. The van der Waals surface area contributed by atoms with Gasteiger partial charge in [0.25, 0.3) is 0 Å².